The van der Waals surface area contributed by atoms with Gasteiger partial charge in [0, 0.05) is 52.4 Å². The molecule has 36 heavy (non-hydrogen) atoms. The molecule has 0 saturated heterocycles. The van der Waals surface area contributed by atoms with E-state index in [0.29, 0.717) is 18.2 Å². The van der Waals surface area contributed by atoms with Crippen molar-refractivity contribution in [2.24, 2.45) is 0 Å². The van der Waals surface area contributed by atoms with Crippen molar-refractivity contribution in [2.75, 3.05) is 12.4 Å². The molecule has 0 saturated carbocycles. The first-order chi connectivity index (χ1) is 17.6. The van der Waals surface area contributed by atoms with Gasteiger partial charge < -0.3 is 19.8 Å². The minimum Gasteiger partial charge on any atom is -0.489 e. The second-order valence-corrected chi connectivity index (χ2v) is 8.08. The Morgan fingerprint density at radius 3 is 2.67 bits per heavy atom. The number of para-hydroxylation sites is 1. The molecule has 0 unspecified atom stereocenters. The van der Waals surface area contributed by atoms with Crippen LogP contribution in [0.1, 0.15) is 5.56 Å². The standard InChI is InChI=1S/C29H24N4O3/c1-3-27(34)33-22-9-7-8-19(12-22)20-13-25-26(17-32-29(25)31-15-20)24-14-28(35-2)30-16-21(24)18-36-23-10-5-4-6-11-23/h3-17H,1,18H2,2H3,(H,31,32)(H,33,34). The molecule has 0 aliphatic carbocycles. The molecule has 2 N–H and O–H groups in total. The van der Waals surface area contributed by atoms with Gasteiger partial charge in [0.15, 0.2) is 0 Å². The summed E-state index contributed by atoms with van der Waals surface area (Å²) in [6.07, 6.45) is 6.76. The fourth-order valence-electron chi connectivity index (χ4n) is 3.97. The van der Waals surface area contributed by atoms with E-state index in [4.69, 9.17) is 9.47 Å². The summed E-state index contributed by atoms with van der Waals surface area (Å²) < 4.78 is 11.4. The maximum absolute atomic E-state index is 11.7. The summed E-state index contributed by atoms with van der Waals surface area (Å²) in [6.45, 7) is 3.85. The molecule has 0 fully saturated rings. The van der Waals surface area contributed by atoms with E-state index in [1.807, 2.05) is 73.1 Å². The zero-order valence-corrected chi connectivity index (χ0v) is 19.7. The van der Waals surface area contributed by atoms with Crippen molar-refractivity contribution in [1.82, 2.24) is 15.0 Å². The molecular weight excluding hydrogens is 452 g/mol. The lowest BCUT2D eigenvalue weighted by Crippen LogP contribution is -2.06. The van der Waals surface area contributed by atoms with E-state index in [-0.39, 0.29) is 5.91 Å². The summed E-state index contributed by atoms with van der Waals surface area (Å²) in [5, 5.41) is 3.75. The number of benzene rings is 2. The number of aromatic nitrogens is 3. The van der Waals surface area contributed by atoms with Crippen LogP contribution < -0.4 is 14.8 Å². The quantitative estimate of drug-likeness (QED) is 0.268. The predicted octanol–water partition coefficient (Wildman–Crippen LogP) is 6.00. The Morgan fingerprint density at radius 1 is 1.00 bits per heavy atom. The van der Waals surface area contributed by atoms with Crippen LogP contribution in [-0.2, 0) is 11.4 Å². The smallest absolute Gasteiger partial charge is 0.247 e. The molecule has 1 amide bonds. The molecular formula is C29H24N4O3. The molecule has 3 aromatic heterocycles. The third-order valence-corrected chi connectivity index (χ3v) is 5.78. The molecule has 5 rings (SSSR count). The first kappa shape index (κ1) is 22.9. The molecule has 0 bridgehead atoms. The number of rotatable bonds is 8. The molecule has 5 aromatic rings. The molecule has 0 atom stereocenters. The third-order valence-electron chi connectivity index (χ3n) is 5.78. The van der Waals surface area contributed by atoms with Crippen LogP contribution >= 0.6 is 0 Å². The second-order valence-electron chi connectivity index (χ2n) is 8.08. The maximum Gasteiger partial charge on any atom is 0.247 e. The van der Waals surface area contributed by atoms with E-state index in [2.05, 4.69) is 32.9 Å². The molecule has 2 aromatic carbocycles. The first-order valence-electron chi connectivity index (χ1n) is 11.4. The Hall–Kier alpha value is -4.91. The van der Waals surface area contributed by atoms with Gasteiger partial charge in [-0.25, -0.2) is 9.97 Å². The van der Waals surface area contributed by atoms with Gasteiger partial charge in [0.05, 0.1) is 7.11 Å². The first-order valence-corrected chi connectivity index (χ1v) is 11.4. The number of H-pyrrole nitrogens is 1. The van der Waals surface area contributed by atoms with Crippen molar-refractivity contribution >= 4 is 22.6 Å². The van der Waals surface area contributed by atoms with Gasteiger partial charge in [0.25, 0.3) is 0 Å². The SMILES string of the molecule is C=CC(=O)Nc1cccc(-c2cnc3[nH]cc(-c4cc(OC)ncc4COc4ccccc4)c3c2)c1. The number of ether oxygens (including phenoxy) is 2. The monoisotopic (exact) mass is 476 g/mol. The number of hydrogen-bond acceptors (Lipinski definition) is 5. The molecule has 7 nitrogen and oxygen atoms in total. The Labute approximate surface area is 208 Å². The second kappa shape index (κ2) is 10.1. The number of pyridine rings is 2. The number of carbonyl (C=O) groups excluding carboxylic acids is 1. The number of methoxy groups -OCH3 is 1. The fourth-order valence-corrected chi connectivity index (χ4v) is 3.97. The van der Waals surface area contributed by atoms with Crippen LogP contribution in [0.25, 0.3) is 33.3 Å². The van der Waals surface area contributed by atoms with Crippen molar-refractivity contribution in [3.63, 3.8) is 0 Å². The Bertz CT molecular complexity index is 1540. The van der Waals surface area contributed by atoms with Crippen molar-refractivity contribution in [1.29, 1.82) is 0 Å². The van der Waals surface area contributed by atoms with E-state index in [1.165, 1.54) is 6.08 Å². The van der Waals surface area contributed by atoms with Gasteiger partial charge in [-0.2, -0.15) is 0 Å². The summed E-state index contributed by atoms with van der Waals surface area (Å²) in [6, 6.07) is 21.3. The number of hydrogen-bond donors (Lipinski definition) is 2. The average molecular weight is 477 g/mol. The van der Waals surface area contributed by atoms with E-state index in [9.17, 15) is 4.79 Å². The number of carbonyl (C=O) groups is 1. The van der Waals surface area contributed by atoms with Gasteiger partial charge in [-0.3, -0.25) is 4.79 Å². The molecule has 0 spiro atoms. The van der Waals surface area contributed by atoms with Gasteiger partial charge in [-0.05, 0) is 47.5 Å². The predicted molar refractivity (Wildman–Crippen MR) is 141 cm³/mol. The molecule has 7 heteroatoms. The topological polar surface area (TPSA) is 89.1 Å². The highest BCUT2D eigenvalue weighted by molar-refractivity contribution is 6.00. The number of aromatic amines is 1. The lowest BCUT2D eigenvalue weighted by atomic mass is 9.99. The van der Waals surface area contributed by atoms with E-state index in [1.54, 1.807) is 13.3 Å². The Morgan fingerprint density at radius 2 is 1.86 bits per heavy atom. The number of fused-ring (bicyclic) bond motifs is 1. The minimum absolute atomic E-state index is 0.259. The van der Waals surface area contributed by atoms with Crippen LogP contribution in [0.2, 0.25) is 0 Å². The van der Waals surface area contributed by atoms with Crippen LogP contribution in [0.3, 0.4) is 0 Å². The lowest BCUT2D eigenvalue weighted by Gasteiger charge is -2.12. The van der Waals surface area contributed by atoms with Crippen LogP contribution in [0.5, 0.6) is 11.6 Å². The van der Waals surface area contributed by atoms with Crippen LogP contribution in [0.4, 0.5) is 5.69 Å². The zero-order chi connectivity index (χ0) is 24.9. The summed E-state index contributed by atoms with van der Waals surface area (Å²) in [5.74, 6) is 1.04. The van der Waals surface area contributed by atoms with Crippen molar-refractivity contribution < 1.29 is 14.3 Å². The zero-order valence-electron chi connectivity index (χ0n) is 19.7. The summed E-state index contributed by atoms with van der Waals surface area (Å²) in [5.41, 5.74) is 6.11. The normalized spacial score (nSPS) is 10.7. The molecule has 0 aliphatic rings. The Balaban J connectivity index is 1.54. The van der Waals surface area contributed by atoms with E-state index < -0.39 is 0 Å². The summed E-state index contributed by atoms with van der Waals surface area (Å²) in [7, 11) is 1.60. The molecule has 0 aliphatic heterocycles. The summed E-state index contributed by atoms with van der Waals surface area (Å²) in [4.78, 5) is 24.0. The largest absolute Gasteiger partial charge is 0.489 e. The van der Waals surface area contributed by atoms with Crippen molar-refractivity contribution in [3.8, 4) is 33.9 Å². The van der Waals surface area contributed by atoms with Gasteiger partial charge in [0.1, 0.15) is 18.0 Å². The molecule has 0 radical (unpaired) electrons. The number of nitrogens with one attached hydrogen (secondary N) is 2. The fraction of sp³-hybridized carbons (Fsp3) is 0.0690. The number of nitrogens with zero attached hydrogens (tertiary/aromatic N) is 2. The van der Waals surface area contributed by atoms with Crippen molar-refractivity contribution in [2.45, 2.75) is 6.61 Å². The van der Waals surface area contributed by atoms with Gasteiger partial charge in [0.2, 0.25) is 11.8 Å². The van der Waals surface area contributed by atoms with Crippen LogP contribution in [0, 0.1) is 0 Å². The average Bonchev–Trinajstić information content (AvgIpc) is 3.35. The lowest BCUT2D eigenvalue weighted by molar-refractivity contribution is -0.111. The van der Waals surface area contributed by atoms with Crippen molar-refractivity contribution in [3.05, 3.63) is 104 Å². The third kappa shape index (κ3) is 4.81. The highest BCUT2D eigenvalue weighted by Crippen LogP contribution is 2.35. The minimum atomic E-state index is -0.259. The highest BCUT2D eigenvalue weighted by atomic mass is 16.5. The van der Waals surface area contributed by atoms with Gasteiger partial charge in [-0.15, -0.1) is 0 Å². The van der Waals surface area contributed by atoms with Crippen LogP contribution in [0.15, 0.2) is 98.0 Å². The van der Waals surface area contributed by atoms with Gasteiger partial charge >= 0.3 is 0 Å². The number of anilines is 1. The molecule has 178 valence electrons. The van der Waals surface area contributed by atoms with Crippen LogP contribution in [-0.4, -0.2) is 28.0 Å². The summed E-state index contributed by atoms with van der Waals surface area (Å²) >= 11 is 0. The molecule has 3 heterocycles. The maximum atomic E-state index is 11.7. The number of amides is 1. The Kier molecular flexibility index (Phi) is 6.44. The van der Waals surface area contributed by atoms with Gasteiger partial charge in [-0.1, -0.05) is 36.9 Å². The van der Waals surface area contributed by atoms with E-state index in [0.717, 1.165) is 44.6 Å². The van der Waals surface area contributed by atoms with E-state index >= 15 is 0 Å². The highest BCUT2D eigenvalue weighted by Gasteiger charge is 2.15.